The molecule has 25 heavy (non-hydrogen) atoms. The van der Waals surface area contributed by atoms with Crippen molar-refractivity contribution >= 4 is 5.97 Å². The van der Waals surface area contributed by atoms with Gasteiger partial charge in [-0.2, -0.15) is 0 Å². The van der Waals surface area contributed by atoms with Gasteiger partial charge in [0.2, 0.25) is 0 Å². The van der Waals surface area contributed by atoms with Crippen LogP contribution in [0, 0.1) is 10.8 Å². The van der Waals surface area contributed by atoms with Crippen LogP contribution in [0.1, 0.15) is 71.9 Å². The molecule has 3 unspecified atom stereocenters. The van der Waals surface area contributed by atoms with E-state index in [2.05, 4.69) is 72.7 Å². The Balaban J connectivity index is 1.69. The minimum Gasteiger partial charge on any atom is -0.457 e. The smallest absolute Gasteiger partial charge is 0.335 e. The molecule has 3 atom stereocenters. The maximum Gasteiger partial charge on any atom is 0.335 e. The first-order valence-corrected chi connectivity index (χ1v) is 9.35. The van der Waals surface area contributed by atoms with Crippen molar-refractivity contribution in [1.29, 1.82) is 0 Å². The lowest BCUT2D eigenvalue weighted by Crippen LogP contribution is -2.60. The minimum absolute atomic E-state index is 0.0450. The second-order valence-corrected chi connectivity index (χ2v) is 8.13. The van der Waals surface area contributed by atoms with Crippen LogP contribution in [0.5, 0.6) is 0 Å². The highest BCUT2D eigenvalue weighted by molar-refractivity contribution is 5.97. The zero-order valence-electron chi connectivity index (χ0n) is 16.6. The van der Waals surface area contributed by atoms with Gasteiger partial charge in [-0.05, 0) is 44.2 Å². The van der Waals surface area contributed by atoms with Crippen molar-refractivity contribution < 1.29 is 9.53 Å². The van der Waals surface area contributed by atoms with E-state index in [0.717, 1.165) is 17.6 Å². The normalized spacial score (nSPS) is 28.9. The van der Waals surface area contributed by atoms with Gasteiger partial charge in [-0.25, -0.2) is 4.79 Å². The highest BCUT2D eigenvalue weighted by atomic mass is 16.5. The molecule has 0 saturated carbocycles. The van der Waals surface area contributed by atoms with E-state index in [9.17, 15) is 4.79 Å². The molecule has 1 aromatic rings. The summed E-state index contributed by atoms with van der Waals surface area (Å²) in [6.07, 6.45) is 1.13. The minimum atomic E-state index is -0.157. The topological polar surface area (TPSA) is 26.3 Å². The van der Waals surface area contributed by atoms with Crippen LogP contribution >= 0.6 is 0 Å². The number of carbonyl (C=O) groups is 1. The zero-order chi connectivity index (χ0) is 18.6. The van der Waals surface area contributed by atoms with E-state index in [1.807, 2.05) is 0 Å². The number of esters is 1. The molecule has 0 N–H and O–H groups in total. The highest BCUT2D eigenvalue weighted by Crippen LogP contribution is 2.74. The van der Waals surface area contributed by atoms with Gasteiger partial charge in [0, 0.05) is 16.4 Å². The van der Waals surface area contributed by atoms with Gasteiger partial charge in [0.1, 0.15) is 6.61 Å². The molecule has 0 fully saturated rings. The van der Waals surface area contributed by atoms with E-state index >= 15 is 0 Å². The molecular weight excluding hydrogens is 308 g/mol. The monoisotopic (exact) mass is 338 g/mol. The molecule has 2 aliphatic carbocycles. The molecule has 2 aliphatic rings. The van der Waals surface area contributed by atoms with Crippen molar-refractivity contribution in [1.82, 2.24) is 0 Å². The largest absolute Gasteiger partial charge is 0.457 e. The standard InChI is InChI=1S/C23H30O2/c1-8-14(2)19-11-9-18(10-12-19)13-25-21(24)20-17(5)22(6)15(3)16(4)23(20,22)7/h9-12,14H,8,13H2,1-7H3. The highest BCUT2D eigenvalue weighted by Gasteiger charge is 2.68. The molecule has 0 heterocycles. The van der Waals surface area contributed by atoms with Crippen LogP contribution in [0.3, 0.4) is 0 Å². The Bertz CT molecular complexity index is 781. The molecule has 3 rings (SSSR count). The number of ether oxygens (including phenoxy) is 1. The van der Waals surface area contributed by atoms with E-state index in [4.69, 9.17) is 4.74 Å². The molecule has 2 nitrogen and oxygen atoms in total. The Kier molecular flexibility index (Phi) is 4.21. The number of carbonyl (C=O) groups excluding carboxylic acids is 1. The molecule has 0 bridgehead atoms. The Morgan fingerprint density at radius 2 is 1.56 bits per heavy atom. The van der Waals surface area contributed by atoms with Gasteiger partial charge in [-0.15, -0.1) is 0 Å². The number of allylic oxidation sites excluding steroid dienone is 3. The van der Waals surface area contributed by atoms with E-state index < -0.39 is 0 Å². The third-order valence-corrected chi connectivity index (χ3v) is 7.42. The van der Waals surface area contributed by atoms with Gasteiger partial charge in [-0.1, -0.05) is 68.7 Å². The predicted octanol–water partition coefficient (Wildman–Crippen LogP) is 5.94. The third-order valence-electron chi connectivity index (χ3n) is 7.42. The van der Waals surface area contributed by atoms with Gasteiger partial charge in [0.25, 0.3) is 0 Å². The summed E-state index contributed by atoms with van der Waals surface area (Å²) in [5.41, 5.74) is 7.06. The van der Waals surface area contributed by atoms with Crippen molar-refractivity contribution in [3.05, 3.63) is 57.7 Å². The van der Waals surface area contributed by atoms with Crippen LogP contribution in [0.15, 0.2) is 46.6 Å². The molecule has 134 valence electrons. The van der Waals surface area contributed by atoms with E-state index in [1.54, 1.807) is 0 Å². The fraction of sp³-hybridized carbons (Fsp3) is 0.522. The lowest BCUT2D eigenvalue weighted by atomic mass is 9.36. The zero-order valence-corrected chi connectivity index (χ0v) is 16.6. The number of fused-ring (bicyclic) bond motifs is 1. The Hall–Kier alpha value is -1.83. The van der Waals surface area contributed by atoms with E-state index in [0.29, 0.717) is 12.5 Å². The molecule has 0 saturated heterocycles. The third kappa shape index (κ3) is 2.19. The molecule has 0 spiro atoms. The SMILES string of the molecule is CCC(C)c1ccc(COC(=O)C2=C(C)C3(C)C(C)=C(C)C23C)cc1. The van der Waals surface area contributed by atoms with Crippen molar-refractivity contribution in [3.63, 3.8) is 0 Å². The first-order valence-electron chi connectivity index (χ1n) is 9.35. The first-order chi connectivity index (χ1) is 11.7. The second-order valence-electron chi connectivity index (χ2n) is 8.13. The number of hydrogen-bond donors (Lipinski definition) is 0. The van der Waals surface area contributed by atoms with Gasteiger partial charge < -0.3 is 4.74 Å². The summed E-state index contributed by atoms with van der Waals surface area (Å²) in [4.78, 5) is 12.7. The van der Waals surface area contributed by atoms with Crippen LogP contribution in [0.2, 0.25) is 0 Å². The first kappa shape index (κ1) is 18.0. The summed E-state index contributed by atoms with van der Waals surface area (Å²) in [6.45, 7) is 15.6. The van der Waals surface area contributed by atoms with Crippen LogP contribution in [0.4, 0.5) is 0 Å². The van der Waals surface area contributed by atoms with Crippen molar-refractivity contribution in [3.8, 4) is 0 Å². The summed E-state index contributed by atoms with van der Waals surface area (Å²) in [5.74, 6) is 0.406. The quantitative estimate of drug-likeness (QED) is 0.491. The van der Waals surface area contributed by atoms with Crippen molar-refractivity contribution in [2.45, 2.75) is 67.4 Å². The van der Waals surface area contributed by atoms with Crippen LogP contribution < -0.4 is 0 Å². The van der Waals surface area contributed by atoms with Gasteiger partial charge >= 0.3 is 5.97 Å². The summed E-state index contributed by atoms with van der Waals surface area (Å²) >= 11 is 0. The molecule has 0 aromatic heterocycles. The molecule has 1 aromatic carbocycles. The Labute approximate surface area is 152 Å². The Morgan fingerprint density at radius 3 is 2.12 bits per heavy atom. The number of benzene rings is 1. The molecule has 0 amide bonds. The maximum absolute atomic E-state index is 12.7. The number of hydrogen-bond acceptors (Lipinski definition) is 2. The lowest BCUT2D eigenvalue weighted by Gasteiger charge is -2.66. The van der Waals surface area contributed by atoms with E-state index in [1.165, 1.54) is 22.3 Å². The lowest BCUT2D eigenvalue weighted by molar-refractivity contribution is -0.144. The Morgan fingerprint density at radius 1 is 1.00 bits per heavy atom. The number of rotatable bonds is 5. The predicted molar refractivity (Wildman–Crippen MR) is 102 cm³/mol. The molecule has 0 aliphatic heterocycles. The van der Waals surface area contributed by atoms with Crippen molar-refractivity contribution in [2.75, 3.05) is 0 Å². The van der Waals surface area contributed by atoms with Crippen LogP contribution in [-0.2, 0) is 16.1 Å². The van der Waals surface area contributed by atoms with Gasteiger partial charge in [-0.3, -0.25) is 0 Å². The summed E-state index contributed by atoms with van der Waals surface area (Å²) in [7, 11) is 0. The molecular formula is C23H30O2. The van der Waals surface area contributed by atoms with Crippen LogP contribution in [0.25, 0.3) is 0 Å². The fourth-order valence-electron chi connectivity index (χ4n) is 4.85. The molecule has 0 radical (unpaired) electrons. The van der Waals surface area contributed by atoms with Gasteiger partial charge in [0.05, 0.1) is 0 Å². The average molecular weight is 338 g/mol. The van der Waals surface area contributed by atoms with Crippen molar-refractivity contribution in [2.24, 2.45) is 10.8 Å². The summed E-state index contributed by atoms with van der Waals surface area (Å²) in [5, 5.41) is 0. The summed E-state index contributed by atoms with van der Waals surface area (Å²) in [6, 6.07) is 8.43. The fourth-order valence-corrected chi connectivity index (χ4v) is 4.85. The summed E-state index contributed by atoms with van der Waals surface area (Å²) < 4.78 is 5.66. The van der Waals surface area contributed by atoms with Crippen LogP contribution in [-0.4, -0.2) is 5.97 Å². The average Bonchev–Trinajstić information content (AvgIpc) is 2.63. The van der Waals surface area contributed by atoms with Gasteiger partial charge in [0.15, 0.2) is 0 Å². The maximum atomic E-state index is 12.7. The van der Waals surface area contributed by atoms with E-state index in [-0.39, 0.29) is 16.8 Å². The second kappa shape index (κ2) is 5.86. The molecule has 2 heteroatoms.